The molecule has 7 heteroatoms. The van der Waals surface area contributed by atoms with Crippen molar-refractivity contribution >= 4 is 23.8 Å². The lowest BCUT2D eigenvalue weighted by atomic mass is 10.2. The van der Waals surface area contributed by atoms with E-state index >= 15 is 0 Å². The van der Waals surface area contributed by atoms with Gasteiger partial charge in [0.1, 0.15) is 0 Å². The summed E-state index contributed by atoms with van der Waals surface area (Å²) in [5, 5.41) is 6.73. The average Bonchev–Trinajstić information content (AvgIpc) is 2.54. The van der Waals surface area contributed by atoms with Crippen molar-refractivity contribution in [2.24, 2.45) is 16.6 Å². The van der Waals surface area contributed by atoms with E-state index in [0.717, 1.165) is 12.0 Å². The molecule has 6 nitrogen and oxygen atoms in total. The van der Waals surface area contributed by atoms with Crippen molar-refractivity contribution in [1.82, 2.24) is 0 Å². The lowest BCUT2D eigenvalue weighted by Crippen LogP contribution is -2.63. The molecule has 1 aliphatic rings. The van der Waals surface area contributed by atoms with Crippen LogP contribution in [0.25, 0.3) is 0 Å². The molecule has 0 saturated carbocycles. The Kier molecular flexibility index (Phi) is 3.88. The minimum Gasteiger partial charge on any atom is -0.489 e. The Balaban J connectivity index is 2.29. The zero-order chi connectivity index (χ0) is 13.0. The zero-order valence-electron chi connectivity index (χ0n) is 9.65. The molecule has 5 N–H and O–H groups in total. The molecule has 1 aromatic rings. The van der Waals surface area contributed by atoms with Crippen LogP contribution in [0.3, 0.4) is 0 Å². The van der Waals surface area contributed by atoms with E-state index in [1.165, 1.54) is 0 Å². The van der Waals surface area contributed by atoms with Crippen molar-refractivity contribution in [2.45, 2.75) is 6.42 Å². The minimum atomic E-state index is -0.0494. The van der Waals surface area contributed by atoms with Gasteiger partial charge in [-0.25, -0.2) is 0 Å². The number of nitrogens with two attached hydrogens (primary N) is 2. The van der Waals surface area contributed by atoms with Gasteiger partial charge in [0.05, 0.1) is 18.2 Å². The van der Waals surface area contributed by atoms with E-state index in [1.54, 1.807) is 12.3 Å². The molecule has 0 radical (unpaired) electrons. The molecule has 1 heterocycles. The van der Waals surface area contributed by atoms with Crippen LogP contribution in [0.5, 0.6) is 11.5 Å². The topological polar surface area (TPSA) is 96.8 Å². The Morgan fingerprint density at radius 3 is 2.89 bits per heavy atom. The summed E-state index contributed by atoms with van der Waals surface area (Å²) in [7, 11) is 0. The van der Waals surface area contributed by atoms with Crippen LogP contribution in [0.2, 0.25) is 5.02 Å². The molecule has 96 valence electrons. The molecular weight excluding hydrogens is 256 g/mol. The molecular formula is C11H14ClN4O2+. The Morgan fingerprint density at radius 2 is 2.11 bits per heavy atom. The summed E-state index contributed by atoms with van der Waals surface area (Å²) in [4.78, 5) is 0. The number of halogens is 1. The summed E-state index contributed by atoms with van der Waals surface area (Å²) in [5.41, 5.74) is 11.2. The maximum atomic E-state index is 6.12. The van der Waals surface area contributed by atoms with Gasteiger partial charge in [0.2, 0.25) is 6.21 Å². The van der Waals surface area contributed by atoms with Crippen molar-refractivity contribution < 1.29 is 14.6 Å². The number of benzene rings is 1. The molecule has 0 amide bonds. The Labute approximate surface area is 109 Å². The van der Waals surface area contributed by atoms with E-state index in [2.05, 4.69) is 10.2 Å². The molecule has 18 heavy (non-hydrogen) atoms. The SMILES string of the molecule is NC(N)=N/[NH+]=C\c1cc(Cl)c2c(c1)OCCCO2. The van der Waals surface area contributed by atoms with Crippen molar-refractivity contribution in [1.29, 1.82) is 0 Å². The van der Waals surface area contributed by atoms with Gasteiger partial charge >= 0.3 is 0 Å². The van der Waals surface area contributed by atoms with Crippen LogP contribution in [-0.2, 0) is 0 Å². The normalized spacial score (nSPS) is 14.3. The smallest absolute Gasteiger partial charge is 0.256 e. The fraction of sp³-hybridized carbons (Fsp3) is 0.273. The summed E-state index contributed by atoms with van der Waals surface area (Å²) in [6.07, 6.45) is 2.44. The van der Waals surface area contributed by atoms with E-state index < -0.39 is 0 Å². The van der Waals surface area contributed by atoms with Gasteiger partial charge in [-0.1, -0.05) is 11.6 Å². The highest BCUT2D eigenvalue weighted by atomic mass is 35.5. The molecule has 1 aliphatic heterocycles. The van der Waals surface area contributed by atoms with Crippen molar-refractivity contribution in [3.63, 3.8) is 0 Å². The molecule has 0 spiro atoms. The summed E-state index contributed by atoms with van der Waals surface area (Å²) in [5.74, 6) is 1.15. The number of rotatable bonds is 2. The van der Waals surface area contributed by atoms with Gasteiger partial charge in [-0.3, -0.25) is 0 Å². The Morgan fingerprint density at radius 1 is 1.33 bits per heavy atom. The summed E-state index contributed by atoms with van der Waals surface area (Å²) in [6, 6.07) is 3.55. The maximum absolute atomic E-state index is 6.12. The van der Waals surface area contributed by atoms with Gasteiger partial charge in [-0.05, 0) is 12.1 Å². The molecule has 0 bridgehead atoms. The Hall–Kier alpha value is -1.95. The lowest BCUT2D eigenvalue weighted by Gasteiger charge is -2.08. The molecule has 2 rings (SSSR count). The van der Waals surface area contributed by atoms with E-state index in [1.807, 2.05) is 6.07 Å². The second-order valence-corrected chi connectivity index (χ2v) is 4.10. The van der Waals surface area contributed by atoms with Gasteiger partial charge in [-0.2, -0.15) is 0 Å². The van der Waals surface area contributed by atoms with Crippen LogP contribution in [0.1, 0.15) is 12.0 Å². The molecule has 1 aromatic carbocycles. The first kappa shape index (κ1) is 12.5. The largest absolute Gasteiger partial charge is 0.489 e. The minimum absolute atomic E-state index is 0.0494. The van der Waals surface area contributed by atoms with Crippen molar-refractivity contribution in [3.8, 4) is 11.5 Å². The number of hydrogen-bond acceptors (Lipinski definition) is 3. The van der Waals surface area contributed by atoms with Crippen LogP contribution >= 0.6 is 11.6 Å². The molecule has 0 atom stereocenters. The number of guanidine groups is 1. The molecule has 0 fully saturated rings. The third-order valence-corrected chi connectivity index (χ3v) is 2.53. The highest BCUT2D eigenvalue weighted by Crippen LogP contribution is 2.37. The van der Waals surface area contributed by atoms with E-state index in [4.69, 9.17) is 32.5 Å². The van der Waals surface area contributed by atoms with E-state index in [9.17, 15) is 0 Å². The summed E-state index contributed by atoms with van der Waals surface area (Å²) >= 11 is 6.12. The van der Waals surface area contributed by atoms with Crippen molar-refractivity contribution in [2.75, 3.05) is 13.2 Å². The molecule has 0 saturated heterocycles. The third-order valence-electron chi connectivity index (χ3n) is 2.25. The van der Waals surface area contributed by atoms with Crippen LogP contribution in [0.15, 0.2) is 17.2 Å². The first-order chi connectivity index (χ1) is 8.66. The predicted molar refractivity (Wildman–Crippen MR) is 69.0 cm³/mol. The standard InChI is InChI=1S/C11H13ClN4O2/c12-8-4-7(6-15-16-11(13)14)5-9-10(8)18-3-1-2-17-9/h4-6H,1-3H2,(H4,13,14,16)/p+1/b15-6-. The lowest BCUT2D eigenvalue weighted by molar-refractivity contribution is -0.456. The van der Waals surface area contributed by atoms with Crippen LogP contribution < -0.4 is 26.0 Å². The van der Waals surface area contributed by atoms with E-state index in [-0.39, 0.29) is 5.96 Å². The zero-order valence-corrected chi connectivity index (χ0v) is 10.4. The summed E-state index contributed by atoms with van der Waals surface area (Å²) in [6.45, 7) is 1.20. The number of nitrogens with one attached hydrogen (secondary N) is 1. The van der Waals surface area contributed by atoms with E-state index in [0.29, 0.717) is 29.7 Å². The third kappa shape index (κ3) is 3.04. The number of hydrogen-bond donors (Lipinski definition) is 3. The van der Waals surface area contributed by atoms with Crippen LogP contribution in [0.4, 0.5) is 0 Å². The summed E-state index contributed by atoms with van der Waals surface area (Å²) < 4.78 is 11.1. The highest BCUT2D eigenvalue weighted by molar-refractivity contribution is 6.32. The first-order valence-corrected chi connectivity index (χ1v) is 5.81. The molecule has 0 unspecified atom stereocenters. The number of ether oxygens (including phenoxy) is 2. The monoisotopic (exact) mass is 269 g/mol. The maximum Gasteiger partial charge on any atom is 0.256 e. The quantitative estimate of drug-likeness (QED) is 0.372. The number of fused-ring (bicyclic) bond motifs is 1. The highest BCUT2D eigenvalue weighted by Gasteiger charge is 2.15. The van der Waals surface area contributed by atoms with Gasteiger partial charge < -0.3 is 20.9 Å². The molecule has 0 aliphatic carbocycles. The fourth-order valence-corrected chi connectivity index (χ4v) is 1.79. The van der Waals surface area contributed by atoms with Gasteiger partial charge in [0.15, 0.2) is 11.5 Å². The van der Waals surface area contributed by atoms with Gasteiger partial charge in [0.25, 0.3) is 5.96 Å². The average molecular weight is 270 g/mol. The van der Waals surface area contributed by atoms with Crippen molar-refractivity contribution in [3.05, 3.63) is 22.7 Å². The predicted octanol–water partition coefficient (Wildman–Crippen LogP) is -0.811. The Bertz CT molecular complexity index is 498. The number of nitrogens with zero attached hydrogens (tertiary/aromatic N) is 1. The first-order valence-electron chi connectivity index (χ1n) is 5.43. The fourth-order valence-electron chi connectivity index (χ4n) is 1.52. The van der Waals surface area contributed by atoms with Crippen LogP contribution in [-0.4, -0.2) is 25.4 Å². The van der Waals surface area contributed by atoms with Gasteiger partial charge in [0, 0.05) is 17.1 Å². The van der Waals surface area contributed by atoms with Crippen LogP contribution in [0, 0.1) is 0 Å². The molecule has 0 aromatic heterocycles. The second-order valence-electron chi connectivity index (χ2n) is 3.69. The van der Waals surface area contributed by atoms with Gasteiger partial charge in [-0.15, -0.1) is 5.10 Å². The number of hydrazone groups is 1. The second kappa shape index (κ2) is 5.59.